The first-order chi connectivity index (χ1) is 17.7. The highest BCUT2D eigenvalue weighted by atomic mass is 19.4. The Labute approximate surface area is 211 Å². The second-order valence-electron chi connectivity index (χ2n) is 9.79. The van der Waals surface area contributed by atoms with Crippen LogP contribution < -0.4 is 5.32 Å². The summed E-state index contributed by atoms with van der Waals surface area (Å²) in [6.45, 7) is 0.687. The maximum absolute atomic E-state index is 13.7. The Hall–Kier alpha value is -3.43. The number of alkyl halides is 3. The number of aliphatic hydroxyl groups is 2. The molecule has 1 aliphatic rings. The number of rotatable bonds is 6. The van der Waals surface area contributed by atoms with Gasteiger partial charge in [0.05, 0.1) is 22.2 Å². The van der Waals surface area contributed by atoms with Crippen molar-refractivity contribution in [2.45, 2.75) is 44.7 Å². The smallest absolute Gasteiger partial charge is 0.368 e. The zero-order valence-corrected chi connectivity index (χ0v) is 20.1. The molecule has 2 aromatic carbocycles. The maximum Gasteiger partial charge on any atom is 0.416 e. The molecule has 1 amide bonds. The molecule has 0 bridgehead atoms. The van der Waals surface area contributed by atoms with Crippen molar-refractivity contribution in [2.24, 2.45) is 11.8 Å². The molecule has 4 aromatic rings. The minimum atomic E-state index is -4.59. The van der Waals surface area contributed by atoms with Crippen molar-refractivity contribution in [1.29, 1.82) is 0 Å². The number of aromatic nitrogens is 2. The van der Waals surface area contributed by atoms with Crippen molar-refractivity contribution >= 4 is 27.7 Å². The number of benzene rings is 2. The lowest BCUT2D eigenvalue weighted by Crippen LogP contribution is -2.33. The highest BCUT2D eigenvalue weighted by molar-refractivity contribution is 6.06. The molecule has 0 saturated heterocycles. The molecule has 0 unspecified atom stereocenters. The molecule has 1 aliphatic carbocycles. The minimum absolute atomic E-state index is 0.0207. The van der Waals surface area contributed by atoms with Crippen LogP contribution in [-0.4, -0.2) is 38.5 Å². The Morgan fingerprint density at radius 2 is 1.86 bits per heavy atom. The van der Waals surface area contributed by atoms with Crippen LogP contribution in [0.1, 0.15) is 47.2 Å². The van der Waals surface area contributed by atoms with E-state index in [4.69, 9.17) is 0 Å². The van der Waals surface area contributed by atoms with E-state index in [1.54, 1.807) is 23.0 Å². The monoisotopic (exact) mass is 511 g/mol. The number of hydrogen-bond donors (Lipinski definition) is 3. The van der Waals surface area contributed by atoms with Crippen LogP contribution >= 0.6 is 0 Å². The molecule has 6 nitrogen and oxygen atoms in total. The van der Waals surface area contributed by atoms with Crippen LogP contribution in [-0.2, 0) is 12.7 Å². The lowest BCUT2D eigenvalue weighted by atomic mass is 9.81. The molecular formula is C28H28F3N3O3. The van der Waals surface area contributed by atoms with Gasteiger partial charge in [0.1, 0.15) is 0 Å². The van der Waals surface area contributed by atoms with Crippen molar-refractivity contribution in [3.05, 3.63) is 77.6 Å². The molecule has 1 saturated carbocycles. The van der Waals surface area contributed by atoms with Crippen molar-refractivity contribution in [3.8, 4) is 0 Å². The quantitative estimate of drug-likeness (QED) is 0.314. The average molecular weight is 512 g/mol. The number of fused-ring (bicyclic) bond motifs is 2. The van der Waals surface area contributed by atoms with Crippen LogP contribution in [0.5, 0.6) is 0 Å². The fourth-order valence-corrected chi connectivity index (χ4v) is 5.33. The molecule has 0 atom stereocenters. The Kier molecular flexibility index (Phi) is 6.92. The van der Waals surface area contributed by atoms with Crippen LogP contribution in [0.4, 0.5) is 13.2 Å². The number of nitrogens with one attached hydrogen (secondary N) is 1. The van der Waals surface area contributed by atoms with E-state index in [1.807, 2.05) is 30.3 Å². The van der Waals surface area contributed by atoms with E-state index < -0.39 is 23.9 Å². The summed E-state index contributed by atoms with van der Waals surface area (Å²) in [4.78, 5) is 17.7. The molecule has 3 N–H and O–H groups in total. The minimum Gasteiger partial charge on any atom is -0.368 e. The highest BCUT2D eigenvalue weighted by Gasteiger charge is 2.33. The van der Waals surface area contributed by atoms with Gasteiger partial charge in [0, 0.05) is 42.2 Å². The van der Waals surface area contributed by atoms with E-state index in [2.05, 4.69) is 10.3 Å². The molecule has 1 fully saturated rings. The van der Waals surface area contributed by atoms with Gasteiger partial charge in [-0.2, -0.15) is 13.2 Å². The standard InChI is InChI=1S/C28H28F3N3O3/c29-28(30,31)21-13-19-10-12-34(16-20-3-1-5-24-22(20)4-2-11-32-24)25(19)23(14-21)26(35)33-15-17-6-8-18(9-7-17)27(36)37/h1-5,10-14,17-18,27,36-37H,6-9,15-16H2,(H,33,35). The van der Waals surface area contributed by atoms with Gasteiger partial charge in [-0.1, -0.05) is 18.2 Å². The van der Waals surface area contributed by atoms with Gasteiger partial charge in [-0.05, 0) is 67.5 Å². The fraction of sp³-hybridized carbons (Fsp3) is 0.357. The number of halogens is 3. The molecule has 0 spiro atoms. The van der Waals surface area contributed by atoms with Crippen LogP contribution in [0.2, 0.25) is 0 Å². The molecular weight excluding hydrogens is 483 g/mol. The van der Waals surface area contributed by atoms with Crippen molar-refractivity contribution in [1.82, 2.24) is 14.9 Å². The predicted molar refractivity (Wildman–Crippen MR) is 134 cm³/mol. The maximum atomic E-state index is 13.7. The molecule has 194 valence electrons. The van der Waals surface area contributed by atoms with E-state index in [1.165, 1.54) is 0 Å². The third-order valence-corrected chi connectivity index (χ3v) is 7.37. The molecule has 2 aromatic heterocycles. The van der Waals surface area contributed by atoms with E-state index in [0.717, 1.165) is 28.6 Å². The van der Waals surface area contributed by atoms with Gasteiger partial charge in [0.2, 0.25) is 0 Å². The third kappa shape index (κ3) is 5.33. The number of nitrogens with zero attached hydrogens (tertiary/aromatic N) is 2. The molecule has 0 aliphatic heterocycles. The summed E-state index contributed by atoms with van der Waals surface area (Å²) >= 11 is 0. The third-order valence-electron chi connectivity index (χ3n) is 7.37. The molecule has 2 heterocycles. The normalized spacial score (nSPS) is 18.5. The summed E-state index contributed by atoms with van der Waals surface area (Å²) in [5, 5.41) is 22.9. The Balaban J connectivity index is 1.45. The second-order valence-corrected chi connectivity index (χ2v) is 9.79. The first-order valence-electron chi connectivity index (χ1n) is 12.4. The molecule has 5 rings (SSSR count). The zero-order valence-electron chi connectivity index (χ0n) is 20.1. The first-order valence-corrected chi connectivity index (χ1v) is 12.4. The number of aliphatic hydroxyl groups excluding tert-OH is 1. The van der Waals surface area contributed by atoms with Gasteiger partial charge >= 0.3 is 6.18 Å². The van der Waals surface area contributed by atoms with Gasteiger partial charge < -0.3 is 20.1 Å². The summed E-state index contributed by atoms with van der Waals surface area (Å²) in [6, 6.07) is 13.1. The number of hydrogen-bond acceptors (Lipinski definition) is 4. The van der Waals surface area contributed by atoms with Crippen LogP contribution in [0.25, 0.3) is 21.8 Å². The van der Waals surface area contributed by atoms with E-state index in [-0.39, 0.29) is 17.4 Å². The Bertz CT molecular complexity index is 1420. The average Bonchev–Trinajstić information content (AvgIpc) is 3.29. The Morgan fingerprint density at radius 3 is 2.59 bits per heavy atom. The number of amides is 1. The van der Waals surface area contributed by atoms with Crippen LogP contribution in [0.15, 0.2) is 60.9 Å². The van der Waals surface area contributed by atoms with Crippen LogP contribution in [0.3, 0.4) is 0 Å². The van der Waals surface area contributed by atoms with E-state index >= 15 is 0 Å². The summed E-state index contributed by atoms with van der Waals surface area (Å²) in [5.41, 5.74) is 1.32. The lowest BCUT2D eigenvalue weighted by molar-refractivity contribution is -0.137. The van der Waals surface area contributed by atoms with Crippen molar-refractivity contribution < 1.29 is 28.2 Å². The SMILES string of the molecule is O=C(NCC1CCC(C(O)O)CC1)c1cc(C(F)(F)F)cc2ccn(Cc3cccc4ncccc34)c12. The Morgan fingerprint density at radius 1 is 1.08 bits per heavy atom. The highest BCUT2D eigenvalue weighted by Crippen LogP contribution is 2.35. The second kappa shape index (κ2) is 10.1. The summed E-state index contributed by atoms with van der Waals surface area (Å²) in [7, 11) is 0. The van der Waals surface area contributed by atoms with Gasteiger partial charge in [0.25, 0.3) is 5.91 Å². The summed E-state index contributed by atoms with van der Waals surface area (Å²) < 4.78 is 42.8. The molecule has 0 radical (unpaired) electrons. The van der Waals surface area contributed by atoms with E-state index in [0.29, 0.717) is 49.7 Å². The van der Waals surface area contributed by atoms with Crippen molar-refractivity contribution in [2.75, 3.05) is 6.54 Å². The van der Waals surface area contributed by atoms with Crippen molar-refractivity contribution in [3.63, 3.8) is 0 Å². The summed E-state index contributed by atoms with van der Waals surface area (Å²) in [6.07, 6.45) is 0.173. The number of pyridine rings is 1. The zero-order chi connectivity index (χ0) is 26.2. The van der Waals surface area contributed by atoms with Crippen LogP contribution in [0, 0.1) is 11.8 Å². The van der Waals surface area contributed by atoms with E-state index in [9.17, 15) is 28.2 Å². The molecule has 37 heavy (non-hydrogen) atoms. The predicted octanol–water partition coefficient (Wildman–Crippen LogP) is 5.10. The molecule has 9 heteroatoms. The van der Waals surface area contributed by atoms with Gasteiger partial charge in [0.15, 0.2) is 6.29 Å². The number of carbonyl (C=O) groups is 1. The number of carbonyl (C=O) groups excluding carboxylic acids is 1. The lowest BCUT2D eigenvalue weighted by Gasteiger charge is -2.29. The topological polar surface area (TPSA) is 87.4 Å². The largest absolute Gasteiger partial charge is 0.416 e. The first kappa shape index (κ1) is 25.2. The van der Waals surface area contributed by atoms with Gasteiger partial charge in [-0.25, -0.2) is 0 Å². The summed E-state index contributed by atoms with van der Waals surface area (Å²) in [5.74, 6) is -0.599. The fourth-order valence-electron chi connectivity index (χ4n) is 5.33. The van der Waals surface area contributed by atoms with Gasteiger partial charge in [-0.3, -0.25) is 9.78 Å². The van der Waals surface area contributed by atoms with Gasteiger partial charge in [-0.15, -0.1) is 0 Å².